The predicted octanol–water partition coefficient (Wildman–Crippen LogP) is 3.58. The molecule has 1 aliphatic rings. The Morgan fingerprint density at radius 3 is 2.83 bits per heavy atom. The number of hydrogen-bond acceptors (Lipinski definition) is 7. The standard InChI is InChI=1S/C21H17N3O6/c1-13-2-4-15(10-17(13)24(26)27)18-7-5-16(30-18)11-22-23-21(25)9-14-3-6-19-20(8-14)29-12-28-19/h2-8,10-11H,9,12H2,1H3,(H,23,25)/b22-11+. The monoisotopic (exact) mass is 407 g/mol. The van der Waals surface area contributed by atoms with Crippen LogP contribution in [-0.2, 0) is 11.2 Å². The Balaban J connectivity index is 1.37. The van der Waals surface area contributed by atoms with E-state index in [9.17, 15) is 14.9 Å². The molecular formula is C21H17N3O6. The fourth-order valence-electron chi connectivity index (χ4n) is 2.98. The molecule has 0 fully saturated rings. The van der Waals surface area contributed by atoms with Crippen LogP contribution in [0.3, 0.4) is 0 Å². The van der Waals surface area contributed by atoms with Gasteiger partial charge in [-0.1, -0.05) is 18.2 Å². The molecular weight excluding hydrogens is 390 g/mol. The Morgan fingerprint density at radius 2 is 2.00 bits per heavy atom. The topological polar surface area (TPSA) is 116 Å². The molecule has 0 atom stereocenters. The van der Waals surface area contributed by atoms with E-state index < -0.39 is 4.92 Å². The van der Waals surface area contributed by atoms with Crippen molar-refractivity contribution in [2.75, 3.05) is 6.79 Å². The summed E-state index contributed by atoms with van der Waals surface area (Å²) in [6.45, 7) is 1.85. The van der Waals surface area contributed by atoms with Crippen molar-refractivity contribution in [3.05, 3.63) is 75.5 Å². The molecule has 0 radical (unpaired) electrons. The van der Waals surface area contributed by atoms with Gasteiger partial charge in [-0.2, -0.15) is 5.10 Å². The van der Waals surface area contributed by atoms with E-state index in [1.165, 1.54) is 12.3 Å². The Morgan fingerprint density at radius 1 is 1.17 bits per heavy atom. The van der Waals surface area contributed by atoms with Crippen LogP contribution in [0.4, 0.5) is 5.69 Å². The van der Waals surface area contributed by atoms with Gasteiger partial charge < -0.3 is 13.9 Å². The van der Waals surface area contributed by atoms with Gasteiger partial charge in [0.25, 0.3) is 5.69 Å². The second kappa shape index (κ2) is 8.08. The van der Waals surface area contributed by atoms with Crippen LogP contribution in [0, 0.1) is 17.0 Å². The van der Waals surface area contributed by atoms with Gasteiger partial charge in [-0.25, -0.2) is 5.43 Å². The molecule has 9 heteroatoms. The van der Waals surface area contributed by atoms with E-state index in [0.29, 0.717) is 34.1 Å². The molecule has 1 amide bonds. The molecule has 1 aliphatic heterocycles. The van der Waals surface area contributed by atoms with Crippen LogP contribution in [0.15, 0.2) is 58.0 Å². The lowest BCUT2D eigenvalue weighted by atomic mass is 10.1. The van der Waals surface area contributed by atoms with E-state index in [1.807, 2.05) is 0 Å². The van der Waals surface area contributed by atoms with Crippen LogP contribution in [-0.4, -0.2) is 23.8 Å². The van der Waals surface area contributed by atoms with Crippen molar-refractivity contribution >= 4 is 17.8 Å². The number of nitrogens with one attached hydrogen (secondary N) is 1. The number of nitro groups is 1. The number of benzene rings is 2. The highest BCUT2D eigenvalue weighted by molar-refractivity contribution is 5.82. The van der Waals surface area contributed by atoms with Gasteiger partial charge in [0.05, 0.1) is 17.6 Å². The first-order valence-corrected chi connectivity index (χ1v) is 9.05. The minimum atomic E-state index is -0.431. The summed E-state index contributed by atoms with van der Waals surface area (Å²) in [5.74, 6) is 1.84. The minimum absolute atomic E-state index is 0.0231. The maximum Gasteiger partial charge on any atom is 0.273 e. The molecule has 30 heavy (non-hydrogen) atoms. The SMILES string of the molecule is Cc1ccc(-c2ccc(/C=N/NC(=O)Cc3ccc4c(c3)OCO4)o2)cc1[N+](=O)[O-]. The normalized spacial score (nSPS) is 12.3. The molecule has 4 rings (SSSR count). The average molecular weight is 407 g/mol. The fraction of sp³-hybridized carbons (Fsp3) is 0.143. The first-order valence-electron chi connectivity index (χ1n) is 9.05. The van der Waals surface area contributed by atoms with E-state index in [4.69, 9.17) is 13.9 Å². The molecule has 0 unspecified atom stereocenters. The van der Waals surface area contributed by atoms with Crippen LogP contribution in [0.25, 0.3) is 11.3 Å². The number of rotatable bonds is 6. The predicted molar refractivity (Wildman–Crippen MR) is 108 cm³/mol. The third-order valence-corrected chi connectivity index (χ3v) is 4.50. The van der Waals surface area contributed by atoms with Crippen LogP contribution < -0.4 is 14.9 Å². The van der Waals surface area contributed by atoms with Gasteiger partial charge in [-0.05, 0) is 36.8 Å². The number of furan rings is 1. The molecule has 2 heterocycles. The molecule has 1 N–H and O–H groups in total. The molecule has 0 saturated carbocycles. The summed E-state index contributed by atoms with van der Waals surface area (Å²) in [4.78, 5) is 22.7. The van der Waals surface area contributed by atoms with Crippen LogP contribution in [0.5, 0.6) is 11.5 Å². The lowest BCUT2D eigenvalue weighted by molar-refractivity contribution is -0.385. The van der Waals surface area contributed by atoms with E-state index in [0.717, 1.165) is 5.56 Å². The molecule has 152 valence electrons. The van der Waals surface area contributed by atoms with Gasteiger partial charge >= 0.3 is 0 Å². The number of fused-ring (bicyclic) bond motifs is 1. The highest BCUT2D eigenvalue weighted by atomic mass is 16.7. The van der Waals surface area contributed by atoms with Gasteiger partial charge in [0.2, 0.25) is 12.7 Å². The van der Waals surface area contributed by atoms with Crippen molar-refractivity contribution in [2.45, 2.75) is 13.3 Å². The number of ether oxygens (including phenoxy) is 2. The first kappa shape index (κ1) is 19.2. The first-order chi connectivity index (χ1) is 14.5. The Kier molecular flexibility index (Phi) is 5.17. The van der Waals surface area contributed by atoms with E-state index >= 15 is 0 Å². The van der Waals surface area contributed by atoms with Gasteiger partial charge in [0, 0.05) is 17.2 Å². The molecule has 1 aromatic heterocycles. The van der Waals surface area contributed by atoms with Crippen molar-refractivity contribution in [1.82, 2.24) is 5.43 Å². The third-order valence-electron chi connectivity index (χ3n) is 4.50. The Hall–Kier alpha value is -4.14. The Labute approximate surface area is 171 Å². The summed E-state index contributed by atoms with van der Waals surface area (Å²) in [6.07, 6.45) is 1.49. The van der Waals surface area contributed by atoms with E-state index in [-0.39, 0.29) is 24.8 Å². The van der Waals surface area contributed by atoms with Gasteiger partial charge in [-0.3, -0.25) is 14.9 Å². The number of amides is 1. The van der Waals surface area contributed by atoms with E-state index in [1.54, 1.807) is 49.4 Å². The number of nitrogens with zero attached hydrogens (tertiary/aromatic N) is 2. The van der Waals surface area contributed by atoms with Crippen molar-refractivity contribution in [2.24, 2.45) is 5.10 Å². The smallest absolute Gasteiger partial charge is 0.273 e. The summed E-state index contributed by atoms with van der Waals surface area (Å²) in [6, 6.07) is 13.5. The minimum Gasteiger partial charge on any atom is -0.455 e. The Bertz CT molecular complexity index is 1150. The van der Waals surface area contributed by atoms with Crippen molar-refractivity contribution in [3.8, 4) is 22.8 Å². The average Bonchev–Trinajstić information content (AvgIpc) is 3.37. The molecule has 9 nitrogen and oxygen atoms in total. The number of hydrazone groups is 1. The molecule has 0 bridgehead atoms. The summed E-state index contributed by atoms with van der Waals surface area (Å²) in [5.41, 5.74) is 4.39. The highest BCUT2D eigenvalue weighted by Gasteiger charge is 2.15. The zero-order chi connectivity index (χ0) is 21.1. The lowest BCUT2D eigenvalue weighted by Crippen LogP contribution is -2.19. The maximum atomic E-state index is 12.1. The zero-order valence-corrected chi connectivity index (χ0v) is 16.0. The number of aryl methyl sites for hydroxylation is 1. The summed E-state index contributed by atoms with van der Waals surface area (Å²) in [5, 5.41) is 15.0. The van der Waals surface area contributed by atoms with Gasteiger partial charge in [0.1, 0.15) is 11.5 Å². The van der Waals surface area contributed by atoms with Crippen LogP contribution in [0.1, 0.15) is 16.9 Å². The molecule has 2 aromatic carbocycles. The molecule has 0 aliphatic carbocycles. The van der Waals surface area contributed by atoms with E-state index in [2.05, 4.69) is 10.5 Å². The lowest BCUT2D eigenvalue weighted by Gasteiger charge is -2.02. The van der Waals surface area contributed by atoms with Crippen molar-refractivity contribution < 1.29 is 23.6 Å². The van der Waals surface area contributed by atoms with Crippen molar-refractivity contribution in [1.29, 1.82) is 0 Å². The number of carbonyl (C=O) groups is 1. The molecule has 0 saturated heterocycles. The zero-order valence-electron chi connectivity index (χ0n) is 16.0. The van der Waals surface area contributed by atoms with Crippen molar-refractivity contribution in [3.63, 3.8) is 0 Å². The second-order valence-corrected chi connectivity index (χ2v) is 6.62. The summed E-state index contributed by atoms with van der Waals surface area (Å²) >= 11 is 0. The summed E-state index contributed by atoms with van der Waals surface area (Å²) in [7, 11) is 0. The maximum absolute atomic E-state index is 12.1. The quantitative estimate of drug-likeness (QED) is 0.379. The molecule has 3 aromatic rings. The van der Waals surface area contributed by atoms with Crippen LogP contribution >= 0.6 is 0 Å². The largest absolute Gasteiger partial charge is 0.455 e. The number of hydrogen-bond donors (Lipinski definition) is 1. The van der Waals surface area contributed by atoms with Gasteiger partial charge in [-0.15, -0.1) is 0 Å². The second-order valence-electron chi connectivity index (χ2n) is 6.62. The van der Waals surface area contributed by atoms with Crippen LogP contribution in [0.2, 0.25) is 0 Å². The number of nitro benzene ring substituents is 1. The number of carbonyl (C=O) groups excluding carboxylic acids is 1. The fourth-order valence-corrected chi connectivity index (χ4v) is 2.98. The highest BCUT2D eigenvalue weighted by Crippen LogP contribution is 2.32. The third kappa shape index (κ3) is 4.14. The summed E-state index contributed by atoms with van der Waals surface area (Å²) < 4.78 is 16.2. The molecule has 0 spiro atoms. The van der Waals surface area contributed by atoms with Gasteiger partial charge in [0.15, 0.2) is 11.5 Å².